The normalized spacial score (nSPS) is 10.1. The van der Waals surface area contributed by atoms with E-state index in [0.717, 1.165) is 0 Å². The number of benzene rings is 1. The summed E-state index contributed by atoms with van der Waals surface area (Å²) >= 11 is 0. The van der Waals surface area contributed by atoms with Crippen molar-refractivity contribution in [2.24, 2.45) is 7.05 Å². The van der Waals surface area contributed by atoms with Crippen molar-refractivity contribution in [2.75, 3.05) is 11.1 Å². The van der Waals surface area contributed by atoms with Gasteiger partial charge in [-0.05, 0) is 24.3 Å². The summed E-state index contributed by atoms with van der Waals surface area (Å²) in [7, 11) is 1.56. The van der Waals surface area contributed by atoms with E-state index < -0.39 is 11.9 Å². The second-order valence-corrected chi connectivity index (χ2v) is 4.43. The number of carboxylic acid groups (broad SMARTS) is 1. The molecule has 7 heteroatoms. The third-order valence-electron chi connectivity index (χ3n) is 2.89. The van der Waals surface area contributed by atoms with Gasteiger partial charge in [-0.2, -0.15) is 0 Å². The molecule has 0 radical (unpaired) electrons. The van der Waals surface area contributed by atoms with Crippen molar-refractivity contribution >= 4 is 23.3 Å². The number of hydrogen-bond donors (Lipinski definition) is 3. The van der Waals surface area contributed by atoms with Gasteiger partial charge in [-0.3, -0.25) is 9.59 Å². The zero-order valence-corrected chi connectivity index (χ0v) is 11.2. The molecule has 0 saturated heterocycles. The average Bonchev–Trinajstić information content (AvgIpc) is 2.41. The highest BCUT2D eigenvalue weighted by molar-refractivity contribution is 6.08. The highest BCUT2D eigenvalue weighted by Crippen LogP contribution is 2.20. The van der Waals surface area contributed by atoms with E-state index in [1.165, 1.54) is 41.1 Å². The summed E-state index contributed by atoms with van der Waals surface area (Å²) in [6.07, 6.45) is 1.45. The van der Waals surface area contributed by atoms with Gasteiger partial charge >= 0.3 is 5.97 Å². The van der Waals surface area contributed by atoms with Gasteiger partial charge < -0.3 is 20.7 Å². The highest BCUT2D eigenvalue weighted by Gasteiger charge is 2.14. The molecule has 21 heavy (non-hydrogen) atoms. The van der Waals surface area contributed by atoms with Crippen LogP contribution in [0.2, 0.25) is 0 Å². The van der Waals surface area contributed by atoms with E-state index in [2.05, 4.69) is 5.32 Å². The second-order valence-electron chi connectivity index (χ2n) is 4.43. The number of nitrogens with zero attached hydrogens (tertiary/aromatic N) is 1. The van der Waals surface area contributed by atoms with Crippen LogP contribution in [0, 0.1) is 0 Å². The molecule has 1 amide bonds. The van der Waals surface area contributed by atoms with E-state index in [1.54, 1.807) is 7.05 Å². The maximum atomic E-state index is 12.1. The molecule has 1 aromatic carbocycles. The zero-order chi connectivity index (χ0) is 15.6. The van der Waals surface area contributed by atoms with E-state index in [1.807, 2.05) is 0 Å². The first-order chi connectivity index (χ1) is 9.88. The Morgan fingerprint density at radius 3 is 2.57 bits per heavy atom. The van der Waals surface area contributed by atoms with Gasteiger partial charge in [0.15, 0.2) is 0 Å². The van der Waals surface area contributed by atoms with Crippen molar-refractivity contribution in [1.29, 1.82) is 0 Å². The van der Waals surface area contributed by atoms with Crippen LogP contribution in [0.3, 0.4) is 0 Å². The number of amides is 1. The fraction of sp³-hybridized carbons (Fsp3) is 0.0714. The van der Waals surface area contributed by atoms with Crippen LogP contribution in [0.15, 0.2) is 41.3 Å². The van der Waals surface area contributed by atoms with E-state index in [-0.39, 0.29) is 22.4 Å². The fourth-order valence-corrected chi connectivity index (χ4v) is 1.74. The lowest BCUT2D eigenvalue weighted by molar-refractivity contribution is 0.0698. The Labute approximate surface area is 119 Å². The Bertz CT molecular complexity index is 780. The van der Waals surface area contributed by atoms with Gasteiger partial charge in [0.2, 0.25) is 0 Å². The minimum atomic E-state index is -1.19. The van der Waals surface area contributed by atoms with Crippen molar-refractivity contribution in [3.05, 3.63) is 58.0 Å². The summed E-state index contributed by atoms with van der Waals surface area (Å²) in [4.78, 5) is 34.7. The number of aromatic carboxylic acids is 1. The molecule has 0 spiro atoms. The van der Waals surface area contributed by atoms with Crippen LogP contribution in [-0.4, -0.2) is 21.6 Å². The van der Waals surface area contributed by atoms with Gasteiger partial charge in [-0.25, -0.2) is 4.79 Å². The van der Waals surface area contributed by atoms with Gasteiger partial charge in [0, 0.05) is 30.6 Å². The molecule has 0 aliphatic carbocycles. The van der Waals surface area contributed by atoms with Crippen molar-refractivity contribution in [2.45, 2.75) is 0 Å². The number of nitrogen functional groups attached to an aromatic ring is 1. The number of carboxylic acids is 1. The van der Waals surface area contributed by atoms with Crippen molar-refractivity contribution in [1.82, 2.24) is 4.57 Å². The minimum absolute atomic E-state index is 0.0770. The number of carbonyl (C=O) groups excluding carboxylic acids is 1. The number of carbonyl (C=O) groups is 2. The van der Waals surface area contributed by atoms with Gasteiger partial charge in [-0.15, -0.1) is 0 Å². The molecule has 0 fully saturated rings. The van der Waals surface area contributed by atoms with Crippen LogP contribution in [0.25, 0.3) is 0 Å². The number of aryl methyl sites for hydroxylation is 1. The standard InChI is InChI=1S/C14H13N3O4/c1-17-5-4-8(6-12(17)18)13(19)16-11-7-9(15)2-3-10(11)14(20)21/h2-7H,15H2,1H3,(H,16,19)(H,20,21). The maximum absolute atomic E-state index is 12.1. The fourth-order valence-electron chi connectivity index (χ4n) is 1.74. The van der Waals surface area contributed by atoms with Crippen molar-refractivity contribution in [3.63, 3.8) is 0 Å². The summed E-state index contributed by atoms with van der Waals surface area (Å²) in [5, 5.41) is 11.5. The Balaban J connectivity index is 2.35. The molecule has 0 saturated carbocycles. The molecule has 2 rings (SSSR count). The molecule has 0 aliphatic heterocycles. The molecule has 1 heterocycles. The van der Waals surface area contributed by atoms with Crippen molar-refractivity contribution < 1.29 is 14.7 Å². The van der Waals surface area contributed by atoms with Crippen LogP contribution in [0.5, 0.6) is 0 Å². The number of aromatic nitrogens is 1. The molecule has 7 nitrogen and oxygen atoms in total. The molecule has 108 valence electrons. The molecule has 1 aromatic heterocycles. The van der Waals surface area contributed by atoms with Gasteiger partial charge in [-0.1, -0.05) is 0 Å². The largest absolute Gasteiger partial charge is 0.478 e. The Hall–Kier alpha value is -3.09. The molecule has 0 atom stereocenters. The van der Waals surface area contributed by atoms with E-state index in [0.29, 0.717) is 5.69 Å². The van der Waals surface area contributed by atoms with E-state index >= 15 is 0 Å². The minimum Gasteiger partial charge on any atom is -0.478 e. The van der Waals surface area contributed by atoms with Crippen LogP contribution >= 0.6 is 0 Å². The molecule has 4 N–H and O–H groups in total. The Kier molecular flexibility index (Phi) is 3.75. The lowest BCUT2D eigenvalue weighted by Gasteiger charge is -2.09. The Morgan fingerprint density at radius 2 is 1.95 bits per heavy atom. The first-order valence-electron chi connectivity index (χ1n) is 5.99. The third kappa shape index (κ3) is 3.08. The first-order valence-corrected chi connectivity index (χ1v) is 5.99. The van der Waals surface area contributed by atoms with Gasteiger partial charge in [0.05, 0.1) is 11.3 Å². The van der Waals surface area contributed by atoms with Crippen LogP contribution in [-0.2, 0) is 7.05 Å². The number of rotatable bonds is 3. The SMILES string of the molecule is Cn1ccc(C(=O)Nc2cc(N)ccc2C(=O)O)cc1=O. The van der Waals surface area contributed by atoms with Crippen molar-refractivity contribution in [3.8, 4) is 0 Å². The topological polar surface area (TPSA) is 114 Å². The predicted molar refractivity (Wildman–Crippen MR) is 77.4 cm³/mol. The van der Waals surface area contributed by atoms with Crippen LogP contribution in [0.1, 0.15) is 20.7 Å². The lowest BCUT2D eigenvalue weighted by Crippen LogP contribution is -2.20. The first kappa shape index (κ1) is 14.3. The number of nitrogens with one attached hydrogen (secondary N) is 1. The predicted octanol–water partition coefficient (Wildman–Crippen LogP) is 0.918. The molecular formula is C14H13N3O4. The molecular weight excluding hydrogens is 274 g/mol. The number of anilines is 2. The summed E-state index contributed by atoms with van der Waals surface area (Å²) in [5.74, 6) is -1.77. The highest BCUT2D eigenvalue weighted by atomic mass is 16.4. The Morgan fingerprint density at radius 1 is 1.24 bits per heavy atom. The number of pyridine rings is 1. The third-order valence-corrected chi connectivity index (χ3v) is 2.89. The molecule has 0 unspecified atom stereocenters. The lowest BCUT2D eigenvalue weighted by atomic mass is 10.1. The zero-order valence-electron chi connectivity index (χ0n) is 11.2. The molecule has 0 bridgehead atoms. The molecule has 2 aromatic rings. The van der Waals surface area contributed by atoms with Gasteiger partial charge in [0.1, 0.15) is 0 Å². The maximum Gasteiger partial charge on any atom is 0.337 e. The monoisotopic (exact) mass is 287 g/mol. The summed E-state index contributed by atoms with van der Waals surface area (Å²) in [6.45, 7) is 0. The van der Waals surface area contributed by atoms with Crippen LogP contribution in [0.4, 0.5) is 11.4 Å². The summed E-state index contributed by atoms with van der Waals surface area (Å²) in [5.41, 5.74) is 5.70. The van der Waals surface area contributed by atoms with Crippen LogP contribution < -0.4 is 16.6 Å². The van der Waals surface area contributed by atoms with E-state index in [9.17, 15) is 14.4 Å². The number of hydrogen-bond acceptors (Lipinski definition) is 4. The average molecular weight is 287 g/mol. The van der Waals surface area contributed by atoms with Gasteiger partial charge in [0.25, 0.3) is 11.5 Å². The summed E-state index contributed by atoms with van der Waals surface area (Å²) in [6, 6.07) is 6.71. The van der Waals surface area contributed by atoms with E-state index in [4.69, 9.17) is 10.8 Å². The smallest absolute Gasteiger partial charge is 0.337 e. The quantitative estimate of drug-likeness (QED) is 0.726. The summed E-state index contributed by atoms with van der Waals surface area (Å²) < 4.78 is 1.32. The second kappa shape index (κ2) is 5.49. The molecule has 0 aliphatic rings. The number of nitrogens with two attached hydrogens (primary N) is 1.